The molecule has 0 fully saturated rings. The fourth-order valence-electron chi connectivity index (χ4n) is 1.56. The highest BCUT2D eigenvalue weighted by atomic mass is 35.5. The normalized spacial score (nSPS) is 9.95. The van der Waals surface area contributed by atoms with Crippen molar-refractivity contribution in [1.82, 2.24) is 0 Å². The third-order valence-corrected chi connectivity index (χ3v) is 3.19. The van der Waals surface area contributed by atoms with Gasteiger partial charge in [0.15, 0.2) is 0 Å². The fraction of sp³-hybridized carbons (Fsp3) is 0.0714. The number of anilines is 2. The van der Waals surface area contributed by atoms with E-state index in [1.54, 1.807) is 49.6 Å². The van der Waals surface area contributed by atoms with Crippen molar-refractivity contribution in [2.45, 2.75) is 0 Å². The van der Waals surface area contributed by atoms with Crippen LogP contribution in [0.5, 0.6) is 5.75 Å². The Morgan fingerprint density at radius 2 is 1.65 bits per heavy atom. The van der Waals surface area contributed by atoms with Gasteiger partial charge in [-0.1, -0.05) is 35.3 Å². The number of rotatable bonds is 3. The number of halogens is 2. The number of nitrogens with one attached hydrogen (secondary N) is 2. The molecule has 0 radical (unpaired) electrons. The molecule has 2 aromatic carbocycles. The Labute approximate surface area is 126 Å². The smallest absolute Gasteiger partial charge is 0.323 e. The van der Waals surface area contributed by atoms with Crippen LogP contribution in [0.25, 0.3) is 0 Å². The molecule has 0 spiro atoms. The van der Waals surface area contributed by atoms with Crippen LogP contribution >= 0.6 is 23.2 Å². The Morgan fingerprint density at radius 1 is 1.00 bits per heavy atom. The van der Waals surface area contributed by atoms with Gasteiger partial charge in [0.25, 0.3) is 0 Å². The second-order valence-corrected chi connectivity index (χ2v) is 4.72. The van der Waals surface area contributed by atoms with Gasteiger partial charge < -0.3 is 15.4 Å². The molecular formula is C14H12Cl2N2O2. The Hall–Kier alpha value is -1.91. The Morgan fingerprint density at radius 3 is 2.25 bits per heavy atom. The molecule has 0 atom stereocenters. The second-order valence-electron chi connectivity index (χ2n) is 3.90. The maximum absolute atomic E-state index is 11.9. The summed E-state index contributed by atoms with van der Waals surface area (Å²) < 4.78 is 5.04. The maximum atomic E-state index is 11.9. The van der Waals surface area contributed by atoms with E-state index in [0.29, 0.717) is 27.2 Å². The number of methoxy groups -OCH3 is 1. The van der Waals surface area contributed by atoms with Crippen LogP contribution in [0, 0.1) is 0 Å². The third-order valence-electron chi connectivity index (χ3n) is 2.55. The summed E-state index contributed by atoms with van der Waals surface area (Å²) in [7, 11) is 1.54. The topological polar surface area (TPSA) is 50.4 Å². The first-order valence-corrected chi connectivity index (χ1v) is 6.52. The van der Waals surface area contributed by atoms with E-state index in [4.69, 9.17) is 27.9 Å². The first-order chi connectivity index (χ1) is 9.60. The highest BCUT2D eigenvalue weighted by Crippen LogP contribution is 2.27. The van der Waals surface area contributed by atoms with Crippen LogP contribution in [0.2, 0.25) is 10.0 Å². The number of urea groups is 1. The number of carbonyl (C=O) groups excluding carboxylic acids is 1. The summed E-state index contributed by atoms with van der Waals surface area (Å²) in [5.74, 6) is 0.618. The number of para-hydroxylation sites is 1. The molecule has 0 unspecified atom stereocenters. The van der Waals surface area contributed by atoms with Gasteiger partial charge in [-0.2, -0.15) is 0 Å². The monoisotopic (exact) mass is 310 g/mol. The van der Waals surface area contributed by atoms with Crippen LogP contribution in [0.15, 0.2) is 42.5 Å². The molecule has 2 N–H and O–H groups in total. The highest BCUT2D eigenvalue weighted by molar-refractivity contribution is 6.34. The molecule has 20 heavy (non-hydrogen) atoms. The lowest BCUT2D eigenvalue weighted by Gasteiger charge is -2.10. The minimum Gasteiger partial charge on any atom is -0.497 e. The van der Waals surface area contributed by atoms with E-state index >= 15 is 0 Å². The minimum absolute atomic E-state index is 0.388. The van der Waals surface area contributed by atoms with Crippen LogP contribution in [0.1, 0.15) is 0 Å². The molecule has 2 aromatic rings. The van der Waals surface area contributed by atoms with E-state index < -0.39 is 6.03 Å². The molecule has 0 bridgehead atoms. The summed E-state index contributed by atoms with van der Waals surface area (Å²) in [4.78, 5) is 11.9. The number of carbonyl (C=O) groups is 1. The number of hydrogen-bond donors (Lipinski definition) is 2. The van der Waals surface area contributed by atoms with Crippen LogP contribution in [-0.2, 0) is 0 Å². The molecule has 0 saturated heterocycles. The summed E-state index contributed by atoms with van der Waals surface area (Å²) in [6.07, 6.45) is 0. The van der Waals surface area contributed by atoms with Crippen molar-refractivity contribution in [1.29, 1.82) is 0 Å². The van der Waals surface area contributed by atoms with Gasteiger partial charge >= 0.3 is 6.03 Å². The number of ether oxygens (including phenoxy) is 1. The SMILES string of the molecule is COc1ccc(NC(=O)Nc2ccccc2Cl)c(Cl)c1. The van der Waals surface area contributed by atoms with Crippen LogP contribution in [0.3, 0.4) is 0 Å². The molecule has 0 aliphatic rings. The van der Waals surface area contributed by atoms with E-state index in [0.717, 1.165) is 0 Å². The van der Waals surface area contributed by atoms with Gasteiger partial charge in [-0.25, -0.2) is 4.79 Å². The first kappa shape index (κ1) is 14.5. The van der Waals surface area contributed by atoms with E-state index in [1.807, 2.05) is 0 Å². The zero-order valence-corrected chi connectivity index (χ0v) is 12.1. The molecule has 0 heterocycles. The quantitative estimate of drug-likeness (QED) is 0.867. The summed E-state index contributed by atoms with van der Waals surface area (Å²) in [5.41, 5.74) is 1.01. The molecule has 0 saturated carbocycles. The minimum atomic E-state index is -0.426. The standard InChI is InChI=1S/C14H12Cl2N2O2/c1-20-9-6-7-13(11(16)8-9)18-14(19)17-12-5-3-2-4-10(12)15/h2-8H,1H3,(H2,17,18,19). The summed E-state index contributed by atoms with van der Waals surface area (Å²) >= 11 is 12.0. The molecule has 0 aromatic heterocycles. The number of benzene rings is 2. The van der Waals surface area contributed by atoms with E-state index in [9.17, 15) is 4.79 Å². The van der Waals surface area contributed by atoms with Crippen molar-refractivity contribution in [3.63, 3.8) is 0 Å². The molecule has 4 nitrogen and oxygen atoms in total. The molecular weight excluding hydrogens is 299 g/mol. The van der Waals surface area contributed by atoms with Gasteiger partial charge in [-0.05, 0) is 24.3 Å². The Kier molecular flexibility index (Phi) is 4.71. The van der Waals surface area contributed by atoms with Gasteiger partial charge in [-0.3, -0.25) is 0 Å². The average molecular weight is 311 g/mol. The molecule has 104 valence electrons. The average Bonchev–Trinajstić information content (AvgIpc) is 2.43. The Bertz CT molecular complexity index is 632. The van der Waals surface area contributed by atoms with E-state index in [2.05, 4.69) is 10.6 Å². The zero-order chi connectivity index (χ0) is 14.5. The maximum Gasteiger partial charge on any atom is 0.323 e. The van der Waals surface area contributed by atoms with Crippen LogP contribution in [-0.4, -0.2) is 13.1 Å². The van der Waals surface area contributed by atoms with Crippen LogP contribution < -0.4 is 15.4 Å². The van der Waals surface area contributed by atoms with Crippen LogP contribution in [0.4, 0.5) is 16.2 Å². The van der Waals surface area contributed by atoms with Crippen molar-refractivity contribution in [2.24, 2.45) is 0 Å². The molecule has 2 amide bonds. The van der Waals surface area contributed by atoms with Crippen molar-refractivity contribution in [3.8, 4) is 5.75 Å². The van der Waals surface area contributed by atoms with Gasteiger partial charge in [0.05, 0.1) is 28.5 Å². The third kappa shape index (κ3) is 3.56. The lowest BCUT2D eigenvalue weighted by atomic mass is 10.3. The molecule has 0 aliphatic heterocycles. The zero-order valence-electron chi connectivity index (χ0n) is 10.6. The lowest BCUT2D eigenvalue weighted by molar-refractivity contribution is 0.262. The summed E-state index contributed by atoms with van der Waals surface area (Å²) in [6, 6.07) is 11.5. The van der Waals surface area contributed by atoms with Crippen molar-refractivity contribution in [2.75, 3.05) is 17.7 Å². The predicted molar refractivity (Wildman–Crippen MR) is 82.1 cm³/mol. The van der Waals surface area contributed by atoms with Crippen molar-refractivity contribution >= 4 is 40.6 Å². The van der Waals surface area contributed by atoms with Gasteiger partial charge in [0.1, 0.15) is 5.75 Å². The highest BCUT2D eigenvalue weighted by Gasteiger charge is 2.08. The largest absolute Gasteiger partial charge is 0.497 e. The second kappa shape index (κ2) is 6.50. The van der Waals surface area contributed by atoms with Gasteiger partial charge in [-0.15, -0.1) is 0 Å². The summed E-state index contributed by atoms with van der Waals surface area (Å²) in [6.45, 7) is 0. The van der Waals surface area contributed by atoms with Gasteiger partial charge in [0.2, 0.25) is 0 Å². The fourth-order valence-corrected chi connectivity index (χ4v) is 1.96. The van der Waals surface area contributed by atoms with Crippen molar-refractivity contribution < 1.29 is 9.53 Å². The van der Waals surface area contributed by atoms with Crippen molar-refractivity contribution in [3.05, 3.63) is 52.5 Å². The van der Waals surface area contributed by atoms with E-state index in [-0.39, 0.29) is 0 Å². The first-order valence-electron chi connectivity index (χ1n) is 5.76. The number of amides is 2. The molecule has 2 rings (SSSR count). The predicted octanol–water partition coefficient (Wildman–Crippen LogP) is 4.65. The molecule has 6 heteroatoms. The molecule has 0 aliphatic carbocycles. The lowest BCUT2D eigenvalue weighted by Crippen LogP contribution is -2.19. The summed E-state index contributed by atoms with van der Waals surface area (Å²) in [5, 5.41) is 6.13. The Balaban J connectivity index is 2.07. The van der Waals surface area contributed by atoms with Gasteiger partial charge in [0, 0.05) is 6.07 Å². The van der Waals surface area contributed by atoms with E-state index in [1.165, 1.54) is 0 Å². The number of hydrogen-bond acceptors (Lipinski definition) is 2.